The minimum Gasteiger partial charge on any atom is -0.444 e. The van der Waals surface area contributed by atoms with Crippen molar-refractivity contribution < 1.29 is 14.3 Å². The molecule has 0 spiro atoms. The van der Waals surface area contributed by atoms with Gasteiger partial charge in [0.1, 0.15) is 5.60 Å². The van der Waals surface area contributed by atoms with Crippen molar-refractivity contribution in [3.8, 4) is 0 Å². The maximum atomic E-state index is 11.2. The first kappa shape index (κ1) is 12.9. The van der Waals surface area contributed by atoms with Crippen molar-refractivity contribution >= 4 is 12.0 Å². The third-order valence-electron chi connectivity index (χ3n) is 1.45. The summed E-state index contributed by atoms with van der Waals surface area (Å²) >= 11 is 0. The van der Waals surface area contributed by atoms with Gasteiger partial charge in [0.05, 0.1) is 6.04 Å². The molecule has 0 aliphatic rings. The largest absolute Gasteiger partial charge is 0.444 e. The molecule has 5 nitrogen and oxygen atoms in total. The molecule has 0 aliphatic heterocycles. The smallest absolute Gasteiger partial charge is 0.414 e. The fraction of sp³-hybridized carbons (Fsp3) is 0.778. The van der Waals surface area contributed by atoms with E-state index in [1.807, 2.05) is 0 Å². The molecule has 82 valence electrons. The number of carbonyl (C=O) groups is 2. The van der Waals surface area contributed by atoms with Gasteiger partial charge in [0.25, 0.3) is 0 Å². The average Bonchev–Trinajstić information content (AvgIpc) is 1.99. The van der Waals surface area contributed by atoms with Crippen molar-refractivity contribution in [3.63, 3.8) is 0 Å². The molecule has 14 heavy (non-hydrogen) atoms. The number of hydrogen-bond acceptors (Lipinski definition) is 4. The second-order valence-corrected chi connectivity index (χ2v) is 4.00. The maximum absolute atomic E-state index is 11.2. The van der Waals surface area contributed by atoms with Crippen LogP contribution in [0.3, 0.4) is 0 Å². The second-order valence-electron chi connectivity index (χ2n) is 4.00. The van der Waals surface area contributed by atoms with E-state index in [1.165, 1.54) is 0 Å². The van der Waals surface area contributed by atoms with E-state index in [4.69, 9.17) is 4.74 Å². The highest BCUT2D eigenvalue weighted by Crippen LogP contribution is 2.06. The zero-order valence-electron chi connectivity index (χ0n) is 9.30. The molecule has 0 bridgehead atoms. The summed E-state index contributed by atoms with van der Waals surface area (Å²) in [7, 11) is 1.64. The van der Waals surface area contributed by atoms with Gasteiger partial charge in [-0.15, -0.1) is 0 Å². The van der Waals surface area contributed by atoms with E-state index in [1.54, 1.807) is 34.7 Å². The van der Waals surface area contributed by atoms with Crippen molar-refractivity contribution in [1.82, 2.24) is 10.6 Å². The molecule has 0 saturated heterocycles. The van der Waals surface area contributed by atoms with Crippen LogP contribution in [-0.2, 0) is 9.53 Å². The van der Waals surface area contributed by atoms with Gasteiger partial charge in [0, 0.05) is 0 Å². The van der Waals surface area contributed by atoms with Crippen molar-refractivity contribution in [2.45, 2.75) is 39.3 Å². The van der Waals surface area contributed by atoms with Crippen LogP contribution in [0.25, 0.3) is 0 Å². The van der Waals surface area contributed by atoms with Gasteiger partial charge >= 0.3 is 6.09 Å². The Bertz CT molecular complexity index is 221. The summed E-state index contributed by atoms with van der Waals surface area (Å²) in [4.78, 5) is 22.3. The monoisotopic (exact) mass is 202 g/mol. The average molecular weight is 202 g/mol. The van der Waals surface area contributed by atoms with Gasteiger partial charge in [-0.3, -0.25) is 10.1 Å². The van der Waals surface area contributed by atoms with Crippen LogP contribution in [-0.4, -0.2) is 30.7 Å². The Kier molecular flexibility index (Phi) is 4.56. The van der Waals surface area contributed by atoms with Crippen molar-refractivity contribution in [1.29, 1.82) is 0 Å². The molecule has 0 aromatic carbocycles. The number of ether oxygens (including phenoxy) is 1. The Labute approximate surface area is 84.2 Å². The molecule has 1 atom stereocenters. The highest BCUT2D eigenvalue weighted by atomic mass is 16.6. The van der Waals surface area contributed by atoms with Gasteiger partial charge in [-0.05, 0) is 34.7 Å². The van der Waals surface area contributed by atoms with Crippen molar-refractivity contribution in [3.05, 3.63) is 0 Å². The number of alkyl carbamates (subject to hydrolysis) is 1. The van der Waals surface area contributed by atoms with Gasteiger partial charge in [0.15, 0.2) is 0 Å². The van der Waals surface area contributed by atoms with Crippen LogP contribution >= 0.6 is 0 Å². The Morgan fingerprint density at radius 1 is 1.29 bits per heavy atom. The van der Waals surface area contributed by atoms with E-state index < -0.39 is 23.6 Å². The van der Waals surface area contributed by atoms with Gasteiger partial charge in [0.2, 0.25) is 5.91 Å². The lowest BCUT2D eigenvalue weighted by molar-refractivity contribution is -0.122. The van der Waals surface area contributed by atoms with Crippen LogP contribution in [0.2, 0.25) is 0 Å². The summed E-state index contributed by atoms with van der Waals surface area (Å²) in [6.45, 7) is 6.86. The molecule has 2 amide bonds. The quantitative estimate of drug-likeness (QED) is 0.689. The molecule has 0 aliphatic carbocycles. The third kappa shape index (κ3) is 5.53. The summed E-state index contributed by atoms with van der Waals surface area (Å²) in [5, 5.41) is 4.84. The first-order valence-electron chi connectivity index (χ1n) is 4.47. The van der Waals surface area contributed by atoms with Crippen molar-refractivity contribution in [2.75, 3.05) is 7.05 Å². The summed E-state index contributed by atoms with van der Waals surface area (Å²) in [6, 6.07) is -0.414. The van der Waals surface area contributed by atoms with E-state index in [0.29, 0.717) is 0 Å². The molecule has 0 aromatic heterocycles. The Balaban J connectivity index is 4.02. The highest BCUT2D eigenvalue weighted by Gasteiger charge is 2.19. The predicted octanol–water partition coefficient (Wildman–Crippen LogP) is 0.646. The van der Waals surface area contributed by atoms with Crippen LogP contribution in [0.15, 0.2) is 0 Å². The van der Waals surface area contributed by atoms with Gasteiger partial charge in [-0.25, -0.2) is 4.79 Å². The number of likely N-dealkylation sites (N-methyl/N-ethyl adjacent to an activating group) is 1. The number of hydrogen-bond donors (Lipinski definition) is 2. The standard InChI is InChI=1S/C9H18N2O3/c1-6(10-5)7(12)11-8(13)14-9(2,3)4/h6,10H,1-5H3,(H,11,12,13)/t6-/m0/s1. The van der Waals surface area contributed by atoms with E-state index in [0.717, 1.165) is 0 Å². The number of amides is 2. The SMILES string of the molecule is CN[C@@H](C)C(=O)NC(=O)OC(C)(C)C. The number of imide groups is 1. The van der Waals surface area contributed by atoms with Crippen molar-refractivity contribution in [2.24, 2.45) is 0 Å². The normalized spacial score (nSPS) is 13.2. The lowest BCUT2D eigenvalue weighted by Gasteiger charge is -2.20. The van der Waals surface area contributed by atoms with Gasteiger partial charge in [-0.1, -0.05) is 0 Å². The molecule has 0 fully saturated rings. The van der Waals surface area contributed by atoms with Crippen LogP contribution in [0.5, 0.6) is 0 Å². The fourth-order valence-corrected chi connectivity index (χ4v) is 0.644. The molecule has 0 heterocycles. The predicted molar refractivity (Wildman–Crippen MR) is 52.9 cm³/mol. The van der Waals surface area contributed by atoms with Gasteiger partial charge < -0.3 is 10.1 Å². The maximum Gasteiger partial charge on any atom is 0.414 e. The molecule has 0 aromatic rings. The number of rotatable bonds is 2. The fourth-order valence-electron chi connectivity index (χ4n) is 0.644. The lowest BCUT2D eigenvalue weighted by atomic mass is 10.2. The topological polar surface area (TPSA) is 67.4 Å². The molecule has 0 rings (SSSR count). The molecule has 0 saturated carbocycles. The van der Waals surface area contributed by atoms with E-state index in [-0.39, 0.29) is 0 Å². The van der Waals surface area contributed by atoms with Gasteiger partial charge in [-0.2, -0.15) is 0 Å². The zero-order valence-corrected chi connectivity index (χ0v) is 9.30. The number of carbonyl (C=O) groups excluding carboxylic acids is 2. The van der Waals surface area contributed by atoms with Crippen LogP contribution < -0.4 is 10.6 Å². The lowest BCUT2D eigenvalue weighted by Crippen LogP contribution is -2.45. The molecule has 5 heteroatoms. The van der Waals surface area contributed by atoms with E-state index >= 15 is 0 Å². The molecule has 0 unspecified atom stereocenters. The Morgan fingerprint density at radius 3 is 2.14 bits per heavy atom. The van der Waals surface area contributed by atoms with Crippen LogP contribution in [0, 0.1) is 0 Å². The third-order valence-corrected chi connectivity index (χ3v) is 1.45. The van der Waals surface area contributed by atoms with E-state index in [9.17, 15) is 9.59 Å². The molecule has 2 N–H and O–H groups in total. The minimum atomic E-state index is -0.718. The minimum absolute atomic E-state index is 0.401. The highest BCUT2D eigenvalue weighted by molar-refractivity contribution is 5.94. The van der Waals surface area contributed by atoms with E-state index in [2.05, 4.69) is 10.6 Å². The number of nitrogens with one attached hydrogen (secondary N) is 2. The van der Waals surface area contributed by atoms with Crippen LogP contribution in [0.1, 0.15) is 27.7 Å². The summed E-state index contributed by atoms with van der Waals surface area (Å²) < 4.78 is 4.90. The zero-order chi connectivity index (χ0) is 11.4. The molecule has 0 radical (unpaired) electrons. The first-order chi connectivity index (χ1) is 6.26. The first-order valence-corrected chi connectivity index (χ1v) is 4.47. The second kappa shape index (κ2) is 4.95. The summed E-state index contributed by atoms with van der Waals surface area (Å²) in [5.74, 6) is -0.401. The molecular formula is C9H18N2O3. The Morgan fingerprint density at radius 2 is 1.79 bits per heavy atom. The van der Waals surface area contributed by atoms with Crippen LogP contribution in [0.4, 0.5) is 4.79 Å². The summed E-state index contributed by atoms with van der Waals surface area (Å²) in [6.07, 6.45) is -0.718. The molecular weight excluding hydrogens is 184 g/mol. The Hall–Kier alpha value is -1.10. The summed E-state index contributed by atoms with van der Waals surface area (Å²) in [5.41, 5.74) is -0.590.